The molecule has 2 heterocycles. The van der Waals surface area contributed by atoms with Gasteiger partial charge in [-0.2, -0.15) is 5.26 Å². The Bertz CT molecular complexity index is 834. The fourth-order valence-electron chi connectivity index (χ4n) is 2.99. The van der Waals surface area contributed by atoms with Crippen molar-refractivity contribution in [2.75, 3.05) is 13.2 Å². The van der Waals surface area contributed by atoms with E-state index in [0.717, 1.165) is 18.0 Å². The first-order valence-corrected chi connectivity index (χ1v) is 8.53. The highest BCUT2D eigenvalue weighted by atomic mass is 16.5. The second-order valence-corrected chi connectivity index (χ2v) is 6.58. The predicted octanol–water partition coefficient (Wildman–Crippen LogP) is 1.73. The molecule has 1 fully saturated rings. The van der Waals surface area contributed by atoms with Gasteiger partial charge >= 0.3 is 0 Å². The molecule has 4 rings (SSSR count). The molecule has 1 aliphatic carbocycles. The molecule has 0 atom stereocenters. The van der Waals surface area contributed by atoms with Crippen LogP contribution in [0, 0.1) is 17.2 Å². The van der Waals surface area contributed by atoms with Gasteiger partial charge in [-0.25, -0.2) is 4.68 Å². The Morgan fingerprint density at radius 2 is 2.24 bits per heavy atom. The van der Waals surface area contributed by atoms with Crippen molar-refractivity contribution in [2.24, 2.45) is 5.92 Å². The molecule has 0 radical (unpaired) electrons. The monoisotopic (exact) mass is 337 g/mol. The van der Waals surface area contributed by atoms with E-state index in [1.54, 1.807) is 29.2 Å². The lowest BCUT2D eigenvalue weighted by Gasteiger charge is -2.28. The molecule has 7 nitrogen and oxygen atoms in total. The van der Waals surface area contributed by atoms with Gasteiger partial charge in [0.15, 0.2) is 0 Å². The molecule has 25 heavy (non-hydrogen) atoms. The zero-order valence-electron chi connectivity index (χ0n) is 13.9. The molecule has 1 aromatic heterocycles. The number of fused-ring (bicyclic) bond motifs is 1. The molecule has 1 saturated carbocycles. The standard InChI is InChI=1S/C18H19N5O2/c19-9-14-2-1-3-15(8-14)18(24)22-6-7-23-17(10-22)16(20-21-23)12-25-11-13-4-5-13/h1-3,8,13H,4-7,10-12H2. The van der Waals surface area contributed by atoms with Crippen LogP contribution < -0.4 is 0 Å². The minimum atomic E-state index is -0.0746. The molecule has 7 heteroatoms. The van der Waals surface area contributed by atoms with Gasteiger partial charge in [0.25, 0.3) is 5.91 Å². The van der Waals surface area contributed by atoms with Crippen LogP contribution in [0.5, 0.6) is 0 Å². The number of carbonyl (C=O) groups excluding carboxylic acids is 1. The highest BCUT2D eigenvalue weighted by Gasteiger charge is 2.26. The van der Waals surface area contributed by atoms with Crippen molar-refractivity contribution >= 4 is 5.91 Å². The summed E-state index contributed by atoms with van der Waals surface area (Å²) in [5, 5.41) is 17.4. The van der Waals surface area contributed by atoms with E-state index in [1.807, 2.05) is 4.68 Å². The number of aromatic nitrogens is 3. The van der Waals surface area contributed by atoms with E-state index >= 15 is 0 Å². The van der Waals surface area contributed by atoms with E-state index in [2.05, 4.69) is 16.4 Å². The van der Waals surface area contributed by atoms with Crippen LogP contribution >= 0.6 is 0 Å². The van der Waals surface area contributed by atoms with Crippen molar-refractivity contribution in [3.63, 3.8) is 0 Å². The van der Waals surface area contributed by atoms with Crippen molar-refractivity contribution in [3.8, 4) is 6.07 Å². The molecule has 2 aliphatic rings. The maximum absolute atomic E-state index is 12.8. The van der Waals surface area contributed by atoms with Crippen molar-refractivity contribution in [3.05, 3.63) is 46.8 Å². The third kappa shape index (κ3) is 3.39. The quantitative estimate of drug-likeness (QED) is 0.829. The van der Waals surface area contributed by atoms with Crippen LogP contribution in [0.2, 0.25) is 0 Å². The molecule has 1 aliphatic heterocycles. The van der Waals surface area contributed by atoms with Crippen molar-refractivity contribution < 1.29 is 9.53 Å². The Labute approximate surface area is 145 Å². The van der Waals surface area contributed by atoms with Gasteiger partial charge in [-0.1, -0.05) is 11.3 Å². The Morgan fingerprint density at radius 1 is 1.36 bits per heavy atom. The Morgan fingerprint density at radius 3 is 3.04 bits per heavy atom. The Balaban J connectivity index is 1.46. The van der Waals surface area contributed by atoms with E-state index in [0.29, 0.717) is 43.3 Å². The molecule has 0 saturated heterocycles. The Hall–Kier alpha value is -2.72. The summed E-state index contributed by atoms with van der Waals surface area (Å²) in [4.78, 5) is 14.5. The van der Waals surface area contributed by atoms with Crippen LogP contribution in [0.15, 0.2) is 24.3 Å². The van der Waals surface area contributed by atoms with Crippen LogP contribution in [0.25, 0.3) is 0 Å². The lowest BCUT2D eigenvalue weighted by molar-refractivity contribution is 0.0699. The number of carbonyl (C=O) groups is 1. The molecule has 0 spiro atoms. The zero-order valence-corrected chi connectivity index (χ0v) is 13.9. The minimum absolute atomic E-state index is 0.0746. The fraction of sp³-hybridized carbons (Fsp3) is 0.444. The number of benzene rings is 1. The molecular weight excluding hydrogens is 318 g/mol. The predicted molar refractivity (Wildman–Crippen MR) is 88.3 cm³/mol. The first-order chi connectivity index (χ1) is 12.2. The lowest BCUT2D eigenvalue weighted by atomic mass is 10.1. The van der Waals surface area contributed by atoms with E-state index < -0.39 is 0 Å². The number of amides is 1. The van der Waals surface area contributed by atoms with Crippen LogP contribution in [-0.2, 0) is 24.4 Å². The van der Waals surface area contributed by atoms with E-state index in [-0.39, 0.29) is 5.91 Å². The number of hydrogen-bond donors (Lipinski definition) is 0. The summed E-state index contributed by atoms with van der Waals surface area (Å²) in [7, 11) is 0. The fourth-order valence-corrected chi connectivity index (χ4v) is 2.99. The largest absolute Gasteiger partial charge is 0.375 e. The van der Waals surface area contributed by atoms with Gasteiger partial charge in [-0.15, -0.1) is 5.10 Å². The third-order valence-electron chi connectivity index (χ3n) is 4.66. The molecule has 0 N–H and O–H groups in total. The Kier molecular flexibility index (Phi) is 4.20. The third-order valence-corrected chi connectivity index (χ3v) is 4.66. The van der Waals surface area contributed by atoms with Crippen molar-refractivity contribution in [2.45, 2.75) is 32.5 Å². The normalized spacial score (nSPS) is 16.4. The molecule has 0 unspecified atom stereocenters. The first-order valence-electron chi connectivity index (χ1n) is 8.53. The van der Waals surface area contributed by atoms with Crippen molar-refractivity contribution in [1.29, 1.82) is 5.26 Å². The summed E-state index contributed by atoms with van der Waals surface area (Å²) in [6.45, 7) is 2.88. The zero-order chi connectivity index (χ0) is 17.2. The lowest BCUT2D eigenvalue weighted by Crippen LogP contribution is -2.38. The van der Waals surface area contributed by atoms with Gasteiger partial charge in [0.1, 0.15) is 5.69 Å². The van der Waals surface area contributed by atoms with Crippen LogP contribution in [0.1, 0.15) is 40.2 Å². The molecular formula is C18H19N5O2. The summed E-state index contributed by atoms with van der Waals surface area (Å²) in [6.07, 6.45) is 2.51. The number of rotatable bonds is 5. The summed E-state index contributed by atoms with van der Waals surface area (Å²) in [6, 6.07) is 8.88. The number of hydrogen-bond acceptors (Lipinski definition) is 5. The summed E-state index contributed by atoms with van der Waals surface area (Å²) in [5.41, 5.74) is 2.77. The molecule has 2 aromatic rings. The topological polar surface area (TPSA) is 84.0 Å². The number of ether oxygens (including phenoxy) is 1. The van der Waals surface area contributed by atoms with Gasteiger partial charge in [0.2, 0.25) is 0 Å². The SMILES string of the molecule is N#Cc1cccc(C(=O)N2CCn3nnc(COCC4CC4)c3C2)c1. The van der Waals surface area contributed by atoms with Crippen LogP contribution in [-0.4, -0.2) is 39.0 Å². The van der Waals surface area contributed by atoms with Gasteiger partial charge < -0.3 is 9.64 Å². The van der Waals surface area contributed by atoms with Crippen LogP contribution in [0.4, 0.5) is 0 Å². The van der Waals surface area contributed by atoms with Gasteiger partial charge in [-0.3, -0.25) is 4.79 Å². The first kappa shape index (κ1) is 15.8. The second kappa shape index (κ2) is 6.65. The highest BCUT2D eigenvalue weighted by molar-refractivity contribution is 5.94. The average molecular weight is 337 g/mol. The van der Waals surface area contributed by atoms with Gasteiger partial charge in [-0.05, 0) is 37.0 Å². The average Bonchev–Trinajstić information content (AvgIpc) is 3.40. The number of nitriles is 1. The van der Waals surface area contributed by atoms with E-state index in [4.69, 9.17) is 10.00 Å². The van der Waals surface area contributed by atoms with E-state index in [1.165, 1.54) is 12.8 Å². The number of nitrogens with zero attached hydrogens (tertiary/aromatic N) is 5. The van der Waals surface area contributed by atoms with Crippen molar-refractivity contribution in [1.82, 2.24) is 19.9 Å². The molecule has 128 valence electrons. The second-order valence-electron chi connectivity index (χ2n) is 6.58. The van der Waals surface area contributed by atoms with Crippen LogP contribution in [0.3, 0.4) is 0 Å². The summed E-state index contributed by atoms with van der Waals surface area (Å²) < 4.78 is 7.58. The molecule has 1 amide bonds. The van der Waals surface area contributed by atoms with E-state index in [9.17, 15) is 4.79 Å². The molecule has 1 aromatic carbocycles. The van der Waals surface area contributed by atoms with Gasteiger partial charge in [0, 0.05) is 18.7 Å². The van der Waals surface area contributed by atoms with Gasteiger partial charge in [0.05, 0.1) is 37.0 Å². The maximum Gasteiger partial charge on any atom is 0.254 e. The highest BCUT2D eigenvalue weighted by Crippen LogP contribution is 2.29. The smallest absolute Gasteiger partial charge is 0.254 e. The minimum Gasteiger partial charge on any atom is -0.375 e. The summed E-state index contributed by atoms with van der Waals surface area (Å²) in [5.74, 6) is 0.631. The maximum atomic E-state index is 12.8. The summed E-state index contributed by atoms with van der Waals surface area (Å²) >= 11 is 0. The molecule has 0 bridgehead atoms.